The van der Waals surface area contributed by atoms with Crippen molar-refractivity contribution in [3.8, 4) is 0 Å². The minimum atomic E-state index is 0.126. The molecule has 2 nitrogen and oxygen atoms in total. The molecule has 2 unspecified atom stereocenters. The summed E-state index contributed by atoms with van der Waals surface area (Å²) in [6.07, 6.45) is 1.01. The van der Waals surface area contributed by atoms with Crippen LogP contribution >= 0.6 is 0 Å². The van der Waals surface area contributed by atoms with Crippen LogP contribution in [0.5, 0.6) is 0 Å². The first-order valence-electron chi connectivity index (χ1n) is 5.58. The predicted octanol–water partition coefficient (Wildman–Crippen LogP) is 2.53. The molecule has 0 aliphatic carbocycles. The van der Waals surface area contributed by atoms with Gasteiger partial charge in [0.15, 0.2) is 0 Å². The SMILES string of the molecule is CC(N)CC(C)(C)NC(C)C(C)(C)C. The summed E-state index contributed by atoms with van der Waals surface area (Å²) in [6, 6.07) is 0.751. The van der Waals surface area contributed by atoms with Gasteiger partial charge in [-0.15, -0.1) is 0 Å². The van der Waals surface area contributed by atoms with Gasteiger partial charge in [0, 0.05) is 17.6 Å². The third-order valence-corrected chi connectivity index (χ3v) is 2.74. The lowest BCUT2D eigenvalue weighted by atomic mass is 9.85. The lowest BCUT2D eigenvalue weighted by molar-refractivity contribution is 0.212. The van der Waals surface area contributed by atoms with E-state index in [1.165, 1.54) is 0 Å². The predicted molar refractivity (Wildman–Crippen MR) is 64.4 cm³/mol. The molecule has 0 bridgehead atoms. The fourth-order valence-corrected chi connectivity index (χ4v) is 1.67. The number of nitrogens with one attached hydrogen (secondary N) is 1. The van der Waals surface area contributed by atoms with Crippen molar-refractivity contribution in [1.82, 2.24) is 5.32 Å². The van der Waals surface area contributed by atoms with E-state index < -0.39 is 0 Å². The largest absolute Gasteiger partial charge is 0.328 e. The summed E-state index contributed by atoms with van der Waals surface area (Å²) in [6.45, 7) is 15.5. The Morgan fingerprint density at radius 1 is 1.07 bits per heavy atom. The Bertz CT molecular complexity index is 166. The van der Waals surface area contributed by atoms with Gasteiger partial charge in [-0.25, -0.2) is 0 Å². The number of hydrogen-bond acceptors (Lipinski definition) is 2. The zero-order valence-electron chi connectivity index (χ0n) is 10.9. The van der Waals surface area contributed by atoms with Crippen LogP contribution in [0.1, 0.15) is 54.9 Å². The van der Waals surface area contributed by atoms with E-state index >= 15 is 0 Å². The number of hydrogen-bond donors (Lipinski definition) is 2. The highest BCUT2D eigenvalue weighted by Gasteiger charge is 2.27. The van der Waals surface area contributed by atoms with Gasteiger partial charge in [0.2, 0.25) is 0 Å². The monoisotopic (exact) mass is 200 g/mol. The Morgan fingerprint density at radius 3 is 1.79 bits per heavy atom. The fraction of sp³-hybridized carbons (Fsp3) is 1.00. The highest BCUT2D eigenvalue weighted by atomic mass is 15.0. The van der Waals surface area contributed by atoms with Gasteiger partial charge in [0.05, 0.1) is 0 Å². The molecule has 2 atom stereocenters. The van der Waals surface area contributed by atoms with E-state index in [-0.39, 0.29) is 11.6 Å². The second-order valence-electron chi connectivity index (χ2n) is 6.30. The molecule has 0 aromatic rings. The van der Waals surface area contributed by atoms with Crippen LogP contribution in [0.25, 0.3) is 0 Å². The standard InChI is InChI=1S/C12H28N2/c1-9(13)8-12(6,7)14-10(2)11(3,4)5/h9-10,14H,8,13H2,1-7H3. The summed E-state index contributed by atoms with van der Waals surface area (Å²) in [7, 11) is 0. The lowest BCUT2D eigenvalue weighted by Gasteiger charge is -2.37. The highest BCUT2D eigenvalue weighted by Crippen LogP contribution is 2.22. The minimum Gasteiger partial charge on any atom is -0.328 e. The Labute approximate surface area is 89.6 Å². The fourth-order valence-electron chi connectivity index (χ4n) is 1.67. The first kappa shape index (κ1) is 13.9. The van der Waals surface area contributed by atoms with E-state index in [9.17, 15) is 0 Å². The summed E-state index contributed by atoms with van der Waals surface area (Å²) in [5.41, 5.74) is 6.25. The zero-order chi connectivity index (χ0) is 11.6. The van der Waals surface area contributed by atoms with Crippen LogP contribution in [0.15, 0.2) is 0 Å². The first-order valence-corrected chi connectivity index (χ1v) is 5.58. The van der Waals surface area contributed by atoms with Gasteiger partial charge in [0.25, 0.3) is 0 Å². The van der Waals surface area contributed by atoms with Crippen LogP contribution < -0.4 is 11.1 Å². The molecule has 0 aromatic heterocycles. The van der Waals surface area contributed by atoms with Crippen molar-refractivity contribution in [2.75, 3.05) is 0 Å². The van der Waals surface area contributed by atoms with Gasteiger partial charge in [-0.2, -0.15) is 0 Å². The minimum absolute atomic E-state index is 0.126. The quantitative estimate of drug-likeness (QED) is 0.732. The van der Waals surface area contributed by atoms with Crippen molar-refractivity contribution in [2.24, 2.45) is 11.1 Å². The third-order valence-electron chi connectivity index (χ3n) is 2.74. The molecule has 0 amide bonds. The van der Waals surface area contributed by atoms with E-state index in [1.54, 1.807) is 0 Å². The molecule has 0 radical (unpaired) electrons. The molecule has 0 saturated carbocycles. The number of nitrogens with two attached hydrogens (primary N) is 1. The highest BCUT2D eigenvalue weighted by molar-refractivity contribution is 4.87. The molecule has 2 heteroatoms. The van der Waals surface area contributed by atoms with Crippen molar-refractivity contribution < 1.29 is 0 Å². The van der Waals surface area contributed by atoms with E-state index in [1.807, 2.05) is 0 Å². The molecule has 86 valence electrons. The lowest BCUT2D eigenvalue weighted by Crippen LogP contribution is -2.51. The molecule has 0 heterocycles. The molecule has 0 aromatic carbocycles. The van der Waals surface area contributed by atoms with Gasteiger partial charge in [-0.05, 0) is 39.5 Å². The summed E-state index contributed by atoms with van der Waals surface area (Å²) in [5, 5.41) is 3.65. The van der Waals surface area contributed by atoms with E-state index in [0.29, 0.717) is 11.5 Å². The van der Waals surface area contributed by atoms with Crippen LogP contribution in [0.3, 0.4) is 0 Å². The van der Waals surface area contributed by atoms with Crippen LogP contribution in [0.2, 0.25) is 0 Å². The van der Waals surface area contributed by atoms with Gasteiger partial charge in [-0.1, -0.05) is 20.8 Å². The van der Waals surface area contributed by atoms with Crippen molar-refractivity contribution in [1.29, 1.82) is 0 Å². The smallest absolute Gasteiger partial charge is 0.0142 e. The van der Waals surface area contributed by atoms with Gasteiger partial charge < -0.3 is 11.1 Å². The summed E-state index contributed by atoms with van der Waals surface area (Å²) in [5.74, 6) is 0. The summed E-state index contributed by atoms with van der Waals surface area (Å²) in [4.78, 5) is 0. The Balaban J connectivity index is 4.22. The maximum atomic E-state index is 5.82. The van der Waals surface area contributed by atoms with E-state index in [4.69, 9.17) is 5.73 Å². The third kappa shape index (κ3) is 5.61. The van der Waals surface area contributed by atoms with Crippen LogP contribution in [0, 0.1) is 5.41 Å². The molecule has 0 rings (SSSR count). The van der Waals surface area contributed by atoms with Crippen molar-refractivity contribution in [2.45, 2.75) is 72.5 Å². The van der Waals surface area contributed by atoms with Crippen LogP contribution in [0.4, 0.5) is 0 Å². The Kier molecular flexibility index (Phi) is 4.60. The van der Waals surface area contributed by atoms with Crippen LogP contribution in [-0.2, 0) is 0 Å². The van der Waals surface area contributed by atoms with Crippen molar-refractivity contribution >= 4 is 0 Å². The topological polar surface area (TPSA) is 38.0 Å². The summed E-state index contributed by atoms with van der Waals surface area (Å²) < 4.78 is 0. The van der Waals surface area contributed by atoms with Gasteiger partial charge >= 0.3 is 0 Å². The second-order valence-corrected chi connectivity index (χ2v) is 6.30. The van der Waals surface area contributed by atoms with Gasteiger partial charge in [-0.3, -0.25) is 0 Å². The Morgan fingerprint density at radius 2 is 1.50 bits per heavy atom. The maximum Gasteiger partial charge on any atom is 0.0142 e. The van der Waals surface area contributed by atoms with Crippen molar-refractivity contribution in [3.05, 3.63) is 0 Å². The average Bonchev–Trinajstić information content (AvgIpc) is 1.79. The molecule has 14 heavy (non-hydrogen) atoms. The zero-order valence-corrected chi connectivity index (χ0v) is 10.9. The maximum absolute atomic E-state index is 5.82. The second kappa shape index (κ2) is 4.63. The molecular formula is C12H28N2. The van der Waals surface area contributed by atoms with Gasteiger partial charge in [0.1, 0.15) is 0 Å². The average molecular weight is 200 g/mol. The van der Waals surface area contributed by atoms with E-state index in [2.05, 4.69) is 53.8 Å². The van der Waals surface area contributed by atoms with Crippen LogP contribution in [-0.4, -0.2) is 17.6 Å². The van der Waals surface area contributed by atoms with Crippen molar-refractivity contribution in [3.63, 3.8) is 0 Å². The molecule has 3 N–H and O–H groups in total. The Hall–Kier alpha value is -0.0800. The molecular weight excluding hydrogens is 172 g/mol. The van der Waals surface area contributed by atoms with E-state index in [0.717, 1.165) is 6.42 Å². The molecule has 0 aliphatic heterocycles. The normalized spacial score (nSPS) is 18.0. The first-order chi connectivity index (χ1) is 6.04. The molecule has 0 aliphatic rings. The molecule has 0 fully saturated rings. The molecule has 0 spiro atoms. The summed E-state index contributed by atoms with van der Waals surface area (Å²) >= 11 is 0. The molecule has 0 saturated heterocycles. The number of rotatable bonds is 4.